The van der Waals surface area contributed by atoms with Crippen molar-refractivity contribution in [1.82, 2.24) is 5.32 Å². The Kier molecular flexibility index (Phi) is 9.69. The summed E-state index contributed by atoms with van der Waals surface area (Å²) in [7, 11) is 0. The van der Waals surface area contributed by atoms with Crippen LogP contribution in [0.2, 0.25) is 0 Å². The van der Waals surface area contributed by atoms with Crippen molar-refractivity contribution >= 4 is 12.1 Å². The van der Waals surface area contributed by atoms with Crippen molar-refractivity contribution in [3.05, 3.63) is 65.7 Å². The van der Waals surface area contributed by atoms with Gasteiger partial charge in [-0.1, -0.05) is 42.5 Å². The fourth-order valence-electron chi connectivity index (χ4n) is 2.83. The topological polar surface area (TPSA) is 114 Å². The van der Waals surface area contributed by atoms with E-state index < -0.39 is 42.5 Å². The zero-order valence-electron chi connectivity index (χ0n) is 19.5. The Morgan fingerprint density at radius 1 is 1.00 bits per heavy atom. The molecule has 3 N–H and O–H groups in total. The highest BCUT2D eigenvalue weighted by Gasteiger charge is 2.28. The molecule has 0 heterocycles. The number of carbonyl (C=O) groups excluding carboxylic acids is 2. The van der Waals surface area contributed by atoms with Crippen molar-refractivity contribution in [3.8, 4) is 5.75 Å². The lowest BCUT2D eigenvalue weighted by Gasteiger charge is -2.25. The molecule has 2 aromatic carbocycles. The Bertz CT molecular complexity index is 878. The summed E-state index contributed by atoms with van der Waals surface area (Å²) in [6.07, 6.45) is -2.79. The van der Waals surface area contributed by atoms with E-state index in [0.29, 0.717) is 12.4 Å². The van der Waals surface area contributed by atoms with E-state index in [1.807, 2.05) is 30.3 Å². The summed E-state index contributed by atoms with van der Waals surface area (Å²) < 4.78 is 16.3. The monoisotopic (exact) mass is 459 g/mol. The van der Waals surface area contributed by atoms with E-state index in [0.717, 1.165) is 11.1 Å². The summed E-state index contributed by atoms with van der Waals surface area (Å²) in [4.78, 5) is 25.0. The molecule has 0 aromatic heterocycles. The smallest absolute Gasteiger partial charge is 0.408 e. The number of hydrogen-bond donors (Lipinski definition) is 3. The molecule has 180 valence electrons. The first-order valence-electron chi connectivity index (χ1n) is 10.8. The fraction of sp³-hybridized carbons (Fsp3) is 0.440. The van der Waals surface area contributed by atoms with E-state index in [9.17, 15) is 14.7 Å². The first-order chi connectivity index (χ1) is 15.6. The van der Waals surface area contributed by atoms with Gasteiger partial charge in [0.1, 0.15) is 36.2 Å². The molecule has 0 aliphatic carbocycles. The molecule has 0 spiro atoms. The number of aliphatic hydroxyl groups excluding tert-OH is 2. The van der Waals surface area contributed by atoms with E-state index in [4.69, 9.17) is 19.3 Å². The van der Waals surface area contributed by atoms with Crippen molar-refractivity contribution in [3.63, 3.8) is 0 Å². The maximum Gasteiger partial charge on any atom is 0.408 e. The highest BCUT2D eigenvalue weighted by Crippen LogP contribution is 2.16. The molecule has 2 aromatic rings. The Morgan fingerprint density at radius 2 is 1.64 bits per heavy atom. The molecule has 0 aliphatic rings. The van der Waals surface area contributed by atoms with Crippen molar-refractivity contribution in [1.29, 1.82) is 0 Å². The zero-order chi connectivity index (χ0) is 24.4. The molecule has 1 amide bonds. The molecule has 8 nitrogen and oxygen atoms in total. The van der Waals surface area contributed by atoms with E-state index in [1.165, 1.54) is 6.92 Å². The van der Waals surface area contributed by atoms with Gasteiger partial charge >= 0.3 is 12.1 Å². The lowest BCUT2D eigenvalue weighted by Crippen LogP contribution is -2.47. The van der Waals surface area contributed by atoms with Crippen LogP contribution in [0.1, 0.15) is 38.8 Å². The highest BCUT2D eigenvalue weighted by molar-refractivity contribution is 5.82. The number of ether oxygens (including phenoxy) is 3. The molecule has 0 aliphatic heterocycles. The second-order valence-corrected chi connectivity index (χ2v) is 8.71. The number of rotatable bonds is 10. The number of aliphatic hydroxyl groups is 2. The van der Waals surface area contributed by atoms with E-state index >= 15 is 0 Å². The van der Waals surface area contributed by atoms with Crippen molar-refractivity contribution in [2.24, 2.45) is 0 Å². The molecular formula is C25H33NO7. The second kappa shape index (κ2) is 12.2. The summed E-state index contributed by atoms with van der Waals surface area (Å²) in [6.45, 7) is 6.49. The molecule has 8 heteroatoms. The van der Waals surface area contributed by atoms with Crippen molar-refractivity contribution in [2.75, 3.05) is 6.61 Å². The van der Waals surface area contributed by atoms with Gasteiger partial charge in [0.15, 0.2) is 0 Å². The van der Waals surface area contributed by atoms with Crippen molar-refractivity contribution in [2.45, 2.75) is 64.6 Å². The standard InChI is InChI=1S/C25H33NO7/c1-17(22(28)15-27)32-23(29)21(26-24(30)33-25(2,3)4)14-18-10-12-20(13-11-18)31-16-19-8-6-5-7-9-19/h5-13,17,21-22,27-28H,14-16H2,1-4H3,(H,26,30)/t17-,21+,22+/m0/s1. The number of alkyl carbamates (subject to hydrolysis) is 1. The minimum absolute atomic E-state index is 0.138. The summed E-state index contributed by atoms with van der Waals surface area (Å²) >= 11 is 0. The summed E-state index contributed by atoms with van der Waals surface area (Å²) in [5, 5.41) is 21.3. The molecule has 3 atom stereocenters. The molecule has 0 bridgehead atoms. The minimum Gasteiger partial charge on any atom is -0.489 e. The average Bonchev–Trinajstić information content (AvgIpc) is 2.76. The van der Waals surface area contributed by atoms with Gasteiger partial charge in [-0.25, -0.2) is 9.59 Å². The largest absolute Gasteiger partial charge is 0.489 e. The van der Waals surface area contributed by atoms with Crippen LogP contribution in [0, 0.1) is 0 Å². The first kappa shape index (κ1) is 26.2. The van der Waals surface area contributed by atoms with Crippen LogP contribution in [0.15, 0.2) is 54.6 Å². The summed E-state index contributed by atoms with van der Waals surface area (Å²) in [6, 6.07) is 15.9. The van der Waals surface area contributed by atoms with Gasteiger partial charge in [0.05, 0.1) is 6.61 Å². The fourth-order valence-corrected chi connectivity index (χ4v) is 2.83. The van der Waals surface area contributed by atoms with Gasteiger partial charge in [-0.2, -0.15) is 0 Å². The predicted octanol–water partition coefficient (Wildman–Crippen LogP) is 2.99. The zero-order valence-corrected chi connectivity index (χ0v) is 19.5. The number of benzene rings is 2. The number of carbonyl (C=O) groups is 2. The van der Waals surface area contributed by atoms with Crippen LogP contribution in [-0.4, -0.2) is 52.7 Å². The molecule has 2 rings (SSSR count). The maximum absolute atomic E-state index is 12.7. The first-order valence-corrected chi connectivity index (χ1v) is 10.8. The second-order valence-electron chi connectivity index (χ2n) is 8.71. The number of esters is 1. The van der Waals surface area contributed by atoms with E-state index in [1.54, 1.807) is 45.0 Å². The predicted molar refractivity (Wildman–Crippen MR) is 123 cm³/mol. The molecule has 0 saturated heterocycles. The third kappa shape index (κ3) is 9.51. The quantitative estimate of drug-likeness (QED) is 0.468. The summed E-state index contributed by atoms with van der Waals surface area (Å²) in [5.41, 5.74) is 1.07. The lowest BCUT2D eigenvalue weighted by molar-refractivity contribution is -0.157. The Hall–Kier alpha value is -3.10. The molecule has 0 saturated carbocycles. The normalized spacial score (nSPS) is 14.0. The number of nitrogens with one attached hydrogen (secondary N) is 1. The minimum atomic E-state index is -1.22. The molecule has 0 unspecified atom stereocenters. The van der Waals surface area contributed by atoms with Crippen LogP contribution in [0.25, 0.3) is 0 Å². The van der Waals surface area contributed by atoms with Crippen LogP contribution in [0.4, 0.5) is 4.79 Å². The van der Waals surface area contributed by atoms with Crippen molar-refractivity contribution < 1.29 is 34.0 Å². The van der Waals surface area contributed by atoms with Gasteiger partial charge in [0, 0.05) is 6.42 Å². The van der Waals surface area contributed by atoms with Gasteiger partial charge < -0.3 is 29.7 Å². The third-order valence-corrected chi connectivity index (χ3v) is 4.62. The Morgan fingerprint density at radius 3 is 2.21 bits per heavy atom. The van der Waals surface area contributed by atoms with Crippen LogP contribution < -0.4 is 10.1 Å². The molecule has 0 fully saturated rings. The Labute approximate surface area is 194 Å². The maximum atomic E-state index is 12.7. The highest BCUT2D eigenvalue weighted by atomic mass is 16.6. The third-order valence-electron chi connectivity index (χ3n) is 4.62. The van der Waals surface area contributed by atoms with Crippen LogP contribution in [0.5, 0.6) is 5.75 Å². The van der Waals surface area contributed by atoms with Crippen LogP contribution in [-0.2, 0) is 27.3 Å². The number of amides is 1. The van der Waals surface area contributed by atoms with Gasteiger partial charge in [0.2, 0.25) is 0 Å². The lowest BCUT2D eigenvalue weighted by atomic mass is 10.1. The molecule has 33 heavy (non-hydrogen) atoms. The number of hydrogen-bond acceptors (Lipinski definition) is 7. The van der Waals surface area contributed by atoms with Gasteiger partial charge in [-0.05, 0) is 51.0 Å². The van der Waals surface area contributed by atoms with Gasteiger partial charge in [0.25, 0.3) is 0 Å². The van der Waals surface area contributed by atoms with E-state index in [2.05, 4.69) is 5.32 Å². The molecular weight excluding hydrogens is 426 g/mol. The Balaban J connectivity index is 2.05. The SMILES string of the molecule is C[C@H](OC(=O)[C@@H](Cc1ccc(OCc2ccccc2)cc1)NC(=O)OC(C)(C)C)[C@H](O)CO. The van der Waals surface area contributed by atoms with Crippen LogP contribution in [0.3, 0.4) is 0 Å². The summed E-state index contributed by atoms with van der Waals surface area (Å²) in [5.74, 6) is -0.0771. The van der Waals surface area contributed by atoms with Crippen LogP contribution >= 0.6 is 0 Å². The molecule has 0 radical (unpaired) electrons. The van der Waals surface area contributed by atoms with Gasteiger partial charge in [-0.3, -0.25) is 0 Å². The van der Waals surface area contributed by atoms with E-state index in [-0.39, 0.29) is 6.42 Å². The average molecular weight is 460 g/mol. The van der Waals surface area contributed by atoms with Gasteiger partial charge in [-0.15, -0.1) is 0 Å².